The van der Waals surface area contributed by atoms with Gasteiger partial charge in [-0.25, -0.2) is 4.79 Å². The number of ketones is 1. The first-order valence-electron chi connectivity index (χ1n) is 12.8. The molecule has 202 valence electrons. The molecule has 2 aromatic rings. The number of allylic oxidation sites excluding steroid dienone is 3. The average molecular weight is 538 g/mol. The molecular formula is C30H35NO6S. The van der Waals surface area contributed by atoms with E-state index in [1.165, 1.54) is 0 Å². The van der Waals surface area contributed by atoms with Crippen LogP contribution in [0.4, 0.5) is 0 Å². The van der Waals surface area contributed by atoms with Gasteiger partial charge in [-0.3, -0.25) is 4.79 Å². The zero-order valence-corrected chi connectivity index (χ0v) is 23.4. The lowest BCUT2D eigenvalue weighted by atomic mass is 9.71. The van der Waals surface area contributed by atoms with Crippen LogP contribution in [-0.4, -0.2) is 51.2 Å². The van der Waals surface area contributed by atoms with Crippen LogP contribution in [0.5, 0.6) is 17.2 Å². The third-order valence-corrected chi connectivity index (χ3v) is 7.90. The number of benzene rings is 2. The molecule has 2 atom stereocenters. The first kappa shape index (κ1) is 27.6. The van der Waals surface area contributed by atoms with Gasteiger partial charge in [0.05, 0.1) is 26.9 Å². The van der Waals surface area contributed by atoms with Crippen LogP contribution < -0.4 is 19.5 Å². The van der Waals surface area contributed by atoms with Crippen molar-refractivity contribution in [2.75, 3.05) is 39.4 Å². The third-order valence-electron chi connectivity index (χ3n) is 7.04. The smallest absolute Gasteiger partial charge is 0.336 e. The molecule has 4 rings (SSSR count). The largest absolute Gasteiger partial charge is 0.497 e. The fourth-order valence-corrected chi connectivity index (χ4v) is 5.69. The quantitative estimate of drug-likeness (QED) is 0.320. The highest BCUT2D eigenvalue weighted by atomic mass is 32.2. The lowest BCUT2D eigenvalue weighted by molar-refractivity contribution is -0.138. The van der Waals surface area contributed by atoms with Gasteiger partial charge >= 0.3 is 5.97 Å². The van der Waals surface area contributed by atoms with E-state index in [-0.39, 0.29) is 11.7 Å². The van der Waals surface area contributed by atoms with E-state index in [0.29, 0.717) is 47.8 Å². The van der Waals surface area contributed by atoms with Gasteiger partial charge in [0.25, 0.3) is 0 Å². The van der Waals surface area contributed by atoms with E-state index in [0.717, 1.165) is 34.1 Å². The van der Waals surface area contributed by atoms with Crippen LogP contribution in [0.15, 0.2) is 65.0 Å². The minimum absolute atomic E-state index is 0.0127. The van der Waals surface area contributed by atoms with E-state index in [1.807, 2.05) is 43.3 Å². The number of carbonyl (C=O) groups excluding carboxylic acids is 2. The van der Waals surface area contributed by atoms with Crippen molar-refractivity contribution in [2.45, 2.75) is 38.5 Å². The van der Waals surface area contributed by atoms with Crippen LogP contribution in [0.2, 0.25) is 0 Å². The van der Waals surface area contributed by atoms with E-state index in [9.17, 15) is 9.59 Å². The summed E-state index contributed by atoms with van der Waals surface area (Å²) in [5, 5.41) is 3.41. The number of hydrogen-bond acceptors (Lipinski definition) is 8. The number of carbonyl (C=O) groups is 2. The highest BCUT2D eigenvalue weighted by Gasteiger charge is 2.41. The Hall–Kier alpha value is -3.39. The summed E-state index contributed by atoms with van der Waals surface area (Å²) in [4.78, 5) is 27.2. The molecule has 0 radical (unpaired) electrons. The number of rotatable bonds is 10. The Labute approximate surface area is 228 Å². The standard InChI is InChI=1S/C30H35NO6S/c1-6-38-14-13-37-30(33)27-18(2)31-23-15-21(19-7-10-22(34-3)11-8-19)16-24(32)29(23)28(27)20-9-12-25(35-4)26(17-20)36-5/h7-12,17,21,28,31H,6,13-16H2,1-5H3/t21-,28-/m0/s1. The molecule has 0 saturated carbocycles. The van der Waals surface area contributed by atoms with Crippen LogP contribution in [0, 0.1) is 0 Å². The molecule has 0 saturated heterocycles. The number of nitrogens with one attached hydrogen (secondary N) is 1. The third kappa shape index (κ3) is 5.70. The van der Waals surface area contributed by atoms with Crippen molar-refractivity contribution in [3.8, 4) is 17.2 Å². The van der Waals surface area contributed by atoms with Crippen LogP contribution in [0.1, 0.15) is 49.7 Å². The maximum Gasteiger partial charge on any atom is 0.336 e. The predicted octanol–water partition coefficient (Wildman–Crippen LogP) is 5.37. The summed E-state index contributed by atoms with van der Waals surface area (Å²) >= 11 is 1.71. The molecule has 0 amide bonds. The Morgan fingerprint density at radius 1 is 0.974 bits per heavy atom. The number of hydrogen-bond donors (Lipinski definition) is 1. The summed E-state index contributed by atoms with van der Waals surface area (Å²) in [6.45, 7) is 4.25. The summed E-state index contributed by atoms with van der Waals surface area (Å²) in [5.41, 5.74) is 4.46. The zero-order chi connectivity index (χ0) is 27.2. The summed E-state index contributed by atoms with van der Waals surface area (Å²) in [6.07, 6.45) is 1.01. The van der Waals surface area contributed by atoms with Gasteiger partial charge in [-0.05, 0) is 60.4 Å². The van der Waals surface area contributed by atoms with Gasteiger partial charge in [-0.1, -0.05) is 25.1 Å². The molecule has 8 heteroatoms. The van der Waals surface area contributed by atoms with Crippen molar-refractivity contribution in [1.29, 1.82) is 0 Å². The van der Waals surface area contributed by atoms with E-state index < -0.39 is 11.9 Å². The van der Waals surface area contributed by atoms with Gasteiger partial charge in [-0.2, -0.15) is 11.8 Å². The highest BCUT2D eigenvalue weighted by Crippen LogP contribution is 2.47. The number of thioether (sulfide) groups is 1. The molecular weight excluding hydrogens is 502 g/mol. The summed E-state index contributed by atoms with van der Waals surface area (Å²) < 4.78 is 21.9. The van der Waals surface area contributed by atoms with Gasteiger partial charge in [0, 0.05) is 35.1 Å². The van der Waals surface area contributed by atoms with Gasteiger partial charge in [0.2, 0.25) is 0 Å². The van der Waals surface area contributed by atoms with E-state index in [4.69, 9.17) is 18.9 Å². The Kier molecular flexibility index (Phi) is 9.05. The molecule has 1 aliphatic carbocycles. The second kappa shape index (κ2) is 12.4. The first-order valence-corrected chi connectivity index (χ1v) is 13.9. The Morgan fingerprint density at radius 2 is 1.68 bits per heavy atom. The molecule has 0 fully saturated rings. The van der Waals surface area contributed by atoms with E-state index in [2.05, 4.69) is 12.2 Å². The number of esters is 1. The monoisotopic (exact) mass is 537 g/mol. The molecule has 0 aromatic heterocycles. The Balaban J connectivity index is 1.74. The molecule has 1 heterocycles. The molecule has 1 N–H and O–H groups in total. The minimum Gasteiger partial charge on any atom is -0.497 e. The van der Waals surface area contributed by atoms with Crippen LogP contribution in [-0.2, 0) is 14.3 Å². The first-order chi connectivity index (χ1) is 18.4. The molecule has 1 aliphatic heterocycles. The predicted molar refractivity (Wildman–Crippen MR) is 149 cm³/mol. The maximum atomic E-state index is 13.8. The van der Waals surface area contributed by atoms with E-state index >= 15 is 0 Å². The second-order valence-corrected chi connectivity index (χ2v) is 10.6. The van der Waals surface area contributed by atoms with Crippen molar-refractivity contribution in [3.05, 3.63) is 76.1 Å². The Bertz CT molecular complexity index is 1250. The lowest BCUT2D eigenvalue weighted by Crippen LogP contribution is -2.36. The van der Waals surface area contributed by atoms with Crippen molar-refractivity contribution in [1.82, 2.24) is 5.32 Å². The van der Waals surface area contributed by atoms with Crippen LogP contribution in [0.3, 0.4) is 0 Å². The summed E-state index contributed by atoms with van der Waals surface area (Å²) in [7, 11) is 4.78. The molecule has 0 unspecified atom stereocenters. The fourth-order valence-electron chi connectivity index (χ4n) is 5.20. The van der Waals surface area contributed by atoms with Crippen molar-refractivity contribution < 1.29 is 28.5 Å². The maximum absolute atomic E-state index is 13.8. The highest BCUT2D eigenvalue weighted by molar-refractivity contribution is 7.99. The Morgan fingerprint density at radius 3 is 2.34 bits per heavy atom. The van der Waals surface area contributed by atoms with Crippen molar-refractivity contribution >= 4 is 23.5 Å². The molecule has 0 bridgehead atoms. The molecule has 38 heavy (non-hydrogen) atoms. The second-order valence-electron chi connectivity index (χ2n) is 9.24. The van der Waals surface area contributed by atoms with Crippen LogP contribution in [0.25, 0.3) is 0 Å². The lowest BCUT2D eigenvalue weighted by Gasteiger charge is -2.37. The summed E-state index contributed by atoms with van der Waals surface area (Å²) in [5.74, 6) is 2.63. The van der Waals surface area contributed by atoms with E-state index in [1.54, 1.807) is 39.2 Å². The number of ether oxygens (including phenoxy) is 4. The number of Topliss-reactive ketones (excluding diaryl/α,β-unsaturated/α-hetero) is 1. The minimum atomic E-state index is -0.568. The zero-order valence-electron chi connectivity index (χ0n) is 22.6. The normalized spacial score (nSPS) is 19.0. The van der Waals surface area contributed by atoms with Crippen molar-refractivity contribution in [3.63, 3.8) is 0 Å². The van der Waals surface area contributed by atoms with Gasteiger partial charge < -0.3 is 24.3 Å². The van der Waals surface area contributed by atoms with Crippen LogP contribution >= 0.6 is 11.8 Å². The number of dihydropyridines is 1. The fraction of sp³-hybridized carbons (Fsp3) is 0.400. The topological polar surface area (TPSA) is 83.1 Å². The van der Waals surface area contributed by atoms with Crippen molar-refractivity contribution in [2.24, 2.45) is 0 Å². The van der Waals surface area contributed by atoms with Gasteiger partial charge in [0.15, 0.2) is 17.3 Å². The molecule has 2 aliphatic rings. The average Bonchev–Trinajstić information content (AvgIpc) is 2.94. The summed E-state index contributed by atoms with van der Waals surface area (Å²) in [6, 6.07) is 13.4. The molecule has 2 aromatic carbocycles. The van der Waals surface area contributed by atoms with Gasteiger partial charge in [-0.15, -0.1) is 0 Å². The number of methoxy groups -OCH3 is 3. The molecule has 0 spiro atoms. The molecule has 7 nitrogen and oxygen atoms in total. The van der Waals surface area contributed by atoms with Gasteiger partial charge in [0.1, 0.15) is 12.4 Å². The SMILES string of the molecule is CCSCCOC(=O)C1=C(C)NC2=C(C(=O)C[C@@H](c3ccc(OC)cc3)C2)[C@H]1c1ccc(OC)c(OC)c1.